The summed E-state index contributed by atoms with van der Waals surface area (Å²) in [6.07, 6.45) is -2.46. The highest BCUT2D eigenvalue weighted by atomic mass is 19.4. The Morgan fingerprint density at radius 2 is 1.59 bits per heavy atom. The molecule has 3 aromatic rings. The predicted octanol–water partition coefficient (Wildman–Crippen LogP) is 1.25. The van der Waals surface area contributed by atoms with Crippen LogP contribution in [-0.2, 0) is 27.0 Å². The molecule has 14 heteroatoms. The van der Waals surface area contributed by atoms with Crippen molar-refractivity contribution in [1.29, 1.82) is 0 Å². The van der Waals surface area contributed by atoms with Crippen LogP contribution in [0.2, 0.25) is 0 Å². The average Bonchev–Trinajstić information content (AvgIpc) is 2.96. The fourth-order valence-corrected chi connectivity index (χ4v) is 5.15. The van der Waals surface area contributed by atoms with Crippen LogP contribution >= 0.6 is 0 Å². The number of nitrogens with two attached hydrogens (primary N) is 4. The monoisotopic (exact) mass is 617 g/mol. The maximum Gasteiger partial charge on any atom is 0.416 e. The zero-order valence-electron chi connectivity index (χ0n) is 24.4. The SMILES string of the molecule is NCC[N+](CCN)(CCCC(N)C(=O)N[C@H](Cc1ccc(C(F)(F)F)cc1)C(=O)Nc1cnc2ccccc2c1)CC(N)=O. The second kappa shape index (κ2) is 15.6. The van der Waals surface area contributed by atoms with E-state index in [0.717, 1.165) is 23.0 Å². The molecule has 2 atom stereocenters. The van der Waals surface area contributed by atoms with Crippen molar-refractivity contribution >= 4 is 34.3 Å². The van der Waals surface area contributed by atoms with E-state index in [9.17, 15) is 27.6 Å². The van der Waals surface area contributed by atoms with Gasteiger partial charge in [0.15, 0.2) is 6.54 Å². The minimum absolute atomic E-state index is 0.0504. The molecule has 0 aliphatic carbocycles. The number of pyridine rings is 1. The molecule has 11 nitrogen and oxygen atoms in total. The first-order chi connectivity index (χ1) is 20.9. The zero-order valence-corrected chi connectivity index (χ0v) is 24.4. The Kier molecular flexibility index (Phi) is 12.2. The third-order valence-corrected chi connectivity index (χ3v) is 7.39. The van der Waals surface area contributed by atoms with E-state index in [1.807, 2.05) is 24.3 Å². The van der Waals surface area contributed by atoms with Crippen LogP contribution in [0.15, 0.2) is 60.8 Å². The van der Waals surface area contributed by atoms with Gasteiger partial charge in [0, 0.05) is 24.9 Å². The number of halogens is 3. The molecule has 0 saturated heterocycles. The second-order valence-electron chi connectivity index (χ2n) is 10.8. The first-order valence-corrected chi connectivity index (χ1v) is 14.3. The largest absolute Gasteiger partial charge is 0.416 e. The number of carbonyl (C=O) groups is 3. The number of benzene rings is 2. The molecule has 10 N–H and O–H groups in total. The van der Waals surface area contributed by atoms with Crippen molar-refractivity contribution in [3.05, 3.63) is 71.9 Å². The van der Waals surface area contributed by atoms with E-state index in [-0.39, 0.29) is 23.9 Å². The molecule has 0 spiro atoms. The number of nitrogens with zero attached hydrogens (tertiary/aromatic N) is 2. The topological polar surface area (TPSA) is 192 Å². The summed E-state index contributed by atoms with van der Waals surface area (Å²) < 4.78 is 39.5. The number of aromatic nitrogens is 1. The van der Waals surface area contributed by atoms with Crippen LogP contribution in [-0.4, -0.2) is 78.5 Å². The average molecular weight is 618 g/mol. The molecule has 0 fully saturated rings. The molecule has 2 aromatic carbocycles. The van der Waals surface area contributed by atoms with E-state index in [1.165, 1.54) is 18.3 Å². The number of fused-ring (bicyclic) bond motifs is 1. The van der Waals surface area contributed by atoms with Crippen LogP contribution in [0.1, 0.15) is 24.0 Å². The standard InChI is InChI=1S/C30H39F3N8O3/c31-30(32,33)22-9-7-20(8-10-22)16-26(29(44)39-23-17-21-4-1-2-6-25(21)38-18-23)40-28(43)24(36)5-3-13-41(14-11-34,15-12-35)19-27(37)42/h1-2,4,6-10,17-18,24,26H,3,5,11-16,19,34-36H2,(H3-,37,39,40,42,43,44)/p+1/t24?,26-/m1/s1. The zero-order chi connectivity index (χ0) is 32.3. The van der Waals surface area contributed by atoms with E-state index in [0.29, 0.717) is 50.4 Å². The third-order valence-electron chi connectivity index (χ3n) is 7.39. The quantitative estimate of drug-likeness (QED) is 0.130. The van der Waals surface area contributed by atoms with Gasteiger partial charge in [0.2, 0.25) is 11.8 Å². The van der Waals surface area contributed by atoms with Gasteiger partial charge in [0.05, 0.1) is 48.6 Å². The van der Waals surface area contributed by atoms with Gasteiger partial charge in [0.25, 0.3) is 5.91 Å². The molecule has 44 heavy (non-hydrogen) atoms. The summed E-state index contributed by atoms with van der Waals surface area (Å²) in [7, 11) is 0. The molecule has 0 saturated carbocycles. The highest BCUT2D eigenvalue weighted by Crippen LogP contribution is 2.29. The maximum atomic E-state index is 13.4. The number of anilines is 1. The van der Waals surface area contributed by atoms with E-state index >= 15 is 0 Å². The van der Waals surface area contributed by atoms with Gasteiger partial charge in [-0.05, 0) is 42.7 Å². The van der Waals surface area contributed by atoms with Crippen LogP contribution in [0.3, 0.4) is 0 Å². The van der Waals surface area contributed by atoms with Gasteiger partial charge in [0.1, 0.15) is 6.04 Å². The Hall–Kier alpha value is -4.11. The van der Waals surface area contributed by atoms with E-state index in [1.54, 1.807) is 6.07 Å². The number of amides is 3. The summed E-state index contributed by atoms with van der Waals surface area (Å²) in [6, 6.07) is 11.2. The Bertz CT molecular complexity index is 1410. The van der Waals surface area contributed by atoms with Crippen LogP contribution in [0.4, 0.5) is 18.9 Å². The van der Waals surface area contributed by atoms with Gasteiger partial charge >= 0.3 is 6.18 Å². The van der Waals surface area contributed by atoms with E-state index < -0.39 is 41.5 Å². The minimum atomic E-state index is -4.51. The molecule has 0 aliphatic rings. The van der Waals surface area contributed by atoms with Gasteiger partial charge in [-0.25, -0.2) is 0 Å². The highest BCUT2D eigenvalue weighted by Gasteiger charge is 2.31. The first-order valence-electron chi connectivity index (χ1n) is 14.3. The fourth-order valence-electron chi connectivity index (χ4n) is 5.15. The first kappa shape index (κ1) is 34.4. The lowest BCUT2D eigenvalue weighted by Gasteiger charge is -2.37. The van der Waals surface area contributed by atoms with Gasteiger partial charge in [-0.1, -0.05) is 30.3 Å². The van der Waals surface area contributed by atoms with Crippen LogP contribution in [0.5, 0.6) is 0 Å². The number of quaternary nitrogens is 1. The van der Waals surface area contributed by atoms with Crippen molar-refractivity contribution in [1.82, 2.24) is 10.3 Å². The summed E-state index contributed by atoms with van der Waals surface area (Å²) in [4.78, 5) is 42.6. The number of hydrogen-bond acceptors (Lipinski definition) is 7. The number of primary amides is 1. The molecule has 1 aromatic heterocycles. The molecule has 0 bridgehead atoms. The van der Waals surface area contributed by atoms with Gasteiger partial charge in [-0.3, -0.25) is 19.4 Å². The van der Waals surface area contributed by atoms with Crippen LogP contribution < -0.4 is 33.6 Å². The van der Waals surface area contributed by atoms with Crippen molar-refractivity contribution in [3.63, 3.8) is 0 Å². The maximum absolute atomic E-state index is 13.4. The molecule has 1 unspecified atom stereocenters. The molecule has 3 rings (SSSR count). The lowest BCUT2D eigenvalue weighted by molar-refractivity contribution is -0.918. The lowest BCUT2D eigenvalue weighted by Crippen LogP contribution is -2.58. The number of rotatable bonds is 16. The van der Waals surface area contributed by atoms with Gasteiger partial charge in [-0.2, -0.15) is 13.2 Å². The second-order valence-corrected chi connectivity index (χ2v) is 10.8. The Labute approximate surface area is 253 Å². The smallest absolute Gasteiger partial charge is 0.365 e. The molecule has 0 radical (unpaired) electrons. The number of carbonyl (C=O) groups excluding carboxylic acids is 3. The van der Waals surface area contributed by atoms with Crippen molar-refractivity contribution in [2.75, 3.05) is 44.6 Å². The van der Waals surface area contributed by atoms with Gasteiger partial charge < -0.3 is 38.1 Å². The predicted molar refractivity (Wildman–Crippen MR) is 162 cm³/mol. The Morgan fingerprint density at radius 1 is 0.932 bits per heavy atom. The highest BCUT2D eigenvalue weighted by molar-refractivity contribution is 5.99. The Morgan fingerprint density at radius 3 is 2.20 bits per heavy atom. The summed E-state index contributed by atoms with van der Waals surface area (Å²) in [5.74, 6) is -1.70. The normalized spacial score (nSPS) is 13.3. The van der Waals surface area contributed by atoms with Crippen LogP contribution in [0.25, 0.3) is 10.9 Å². The molecular weight excluding hydrogens is 577 g/mol. The summed E-state index contributed by atoms with van der Waals surface area (Å²) in [6.45, 7) is 2.08. The summed E-state index contributed by atoms with van der Waals surface area (Å²) in [5, 5.41) is 6.18. The van der Waals surface area contributed by atoms with E-state index in [4.69, 9.17) is 22.9 Å². The van der Waals surface area contributed by atoms with Crippen LogP contribution in [0, 0.1) is 0 Å². The molecule has 238 valence electrons. The lowest BCUT2D eigenvalue weighted by atomic mass is 10.0. The molecule has 3 amide bonds. The molecule has 1 heterocycles. The summed E-state index contributed by atoms with van der Waals surface area (Å²) in [5.41, 5.74) is 23.9. The number of nitrogens with one attached hydrogen (secondary N) is 2. The van der Waals surface area contributed by atoms with Crippen molar-refractivity contribution < 1.29 is 32.0 Å². The number of hydrogen-bond donors (Lipinski definition) is 6. The van der Waals surface area contributed by atoms with Crippen molar-refractivity contribution in [3.8, 4) is 0 Å². The minimum Gasteiger partial charge on any atom is -0.365 e. The van der Waals surface area contributed by atoms with Crippen molar-refractivity contribution in [2.24, 2.45) is 22.9 Å². The number of alkyl halides is 3. The molecular formula is C30H40F3N8O3+. The molecule has 0 aliphatic heterocycles. The fraction of sp³-hybridized carbons (Fsp3) is 0.400. The summed E-state index contributed by atoms with van der Waals surface area (Å²) >= 11 is 0. The number of para-hydroxylation sites is 1. The van der Waals surface area contributed by atoms with E-state index in [2.05, 4.69) is 15.6 Å². The third kappa shape index (κ3) is 9.98. The van der Waals surface area contributed by atoms with Gasteiger partial charge in [-0.15, -0.1) is 0 Å². The van der Waals surface area contributed by atoms with Crippen molar-refractivity contribution in [2.45, 2.75) is 37.5 Å². The Balaban J connectivity index is 1.73.